The smallest absolute Gasteiger partial charge is 0.244 e. The van der Waals surface area contributed by atoms with Crippen LogP contribution in [0.15, 0.2) is 18.5 Å². The van der Waals surface area contributed by atoms with Crippen LogP contribution in [0.2, 0.25) is 4.34 Å². The average Bonchev–Trinajstić information content (AvgIpc) is 2.88. The van der Waals surface area contributed by atoms with Gasteiger partial charge >= 0.3 is 0 Å². The molecule has 0 spiro atoms. The fourth-order valence-corrected chi connectivity index (χ4v) is 2.54. The monoisotopic (exact) mass is 285 g/mol. The maximum absolute atomic E-state index is 11.9. The Balaban J connectivity index is 1.92. The summed E-state index contributed by atoms with van der Waals surface area (Å²) in [7, 11) is 1.73. The van der Waals surface area contributed by atoms with Crippen molar-refractivity contribution in [3.63, 3.8) is 0 Å². The molecule has 0 aromatic carbocycles. The summed E-state index contributed by atoms with van der Waals surface area (Å²) in [5.41, 5.74) is 5.38. The molecule has 0 aliphatic carbocycles. The van der Waals surface area contributed by atoms with Crippen molar-refractivity contribution in [2.75, 3.05) is 12.8 Å². The Labute approximate surface area is 113 Å². The van der Waals surface area contributed by atoms with Gasteiger partial charge in [-0.15, -0.1) is 16.4 Å². The van der Waals surface area contributed by atoms with E-state index in [9.17, 15) is 4.79 Å². The number of thiophene rings is 1. The number of anilines is 1. The molecule has 0 aliphatic rings. The van der Waals surface area contributed by atoms with Crippen molar-refractivity contribution in [1.82, 2.24) is 19.7 Å². The molecule has 1 amide bonds. The number of hydrogen-bond donors (Lipinski definition) is 1. The van der Waals surface area contributed by atoms with Gasteiger partial charge in [0.05, 0.1) is 10.9 Å². The molecule has 0 radical (unpaired) electrons. The SMILES string of the molecule is CN(Cc1ccc(Cl)s1)C(=O)Cn1cnc(N)n1. The summed E-state index contributed by atoms with van der Waals surface area (Å²) in [6, 6.07) is 3.72. The van der Waals surface area contributed by atoms with Gasteiger partial charge in [0.2, 0.25) is 11.9 Å². The van der Waals surface area contributed by atoms with Crippen LogP contribution in [0.4, 0.5) is 5.95 Å². The van der Waals surface area contributed by atoms with Gasteiger partial charge in [-0.05, 0) is 12.1 Å². The predicted octanol–water partition coefficient (Wildman–Crippen LogP) is 1.23. The van der Waals surface area contributed by atoms with Crippen molar-refractivity contribution in [3.8, 4) is 0 Å². The number of amides is 1. The quantitative estimate of drug-likeness (QED) is 0.917. The van der Waals surface area contributed by atoms with E-state index < -0.39 is 0 Å². The normalized spacial score (nSPS) is 10.6. The van der Waals surface area contributed by atoms with Crippen molar-refractivity contribution in [1.29, 1.82) is 0 Å². The first-order chi connectivity index (χ1) is 8.54. The van der Waals surface area contributed by atoms with Gasteiger partial charge in [-0.1, -0.05) is 11.6 Å². The predicted molar refractivity (Wildman–Crippen MR) is 70.2 cm³/mol. The Bertz CT molecular complexity index is 552. The number of rotatable bonds is 4. The van der Waals surface area contributed by atoms with E-state index in [1.807, 2.05) is 12.1 Å². The maximum Gasteiger partial charge on any atom is 0.244 e. The van der Waals surface area contributed by atoms with Crippen LogP contribution in [0.5, 0.6) is 0 Å². The van der Waals surface area contributed by atoms with Gasteiger partial charge in [0, 0.05) is 11.9 Å². The van der Waals surface area contributed by atoms with Crippen LogP contribution in [0.25, 0.3) is 0 Å². The Morgan fingerprint density at radius 3 is 2.94 bits per heavy atom. The van der Waals surface area contributed by atoms with E-state index in [4.69, 9.17) is 17.3 Å². The molecular weight excluding hydrogens is 274 g/mol. The molecule has 2 aromatic rings. The van der Waals surface area contributed by atoms with E-state index in [0.29, 0.717) is 6.54 Å². The molecule has 0 unspecified atom stereocenters. The van der Waals surface area contributed by atoms with Gasteiger partial charge in [0.1, 0.15) is 12.9 Å². The molecule has 6 nitrogen and oxygen atoms in total. The summed E-state index contributed by atoms with van der Waals surface area (Å²) in [4.78, 5) is 18.3. The van der Waals surface area contributed by atoms with Gasteiger partial charge in [-0.2, -0.15) is 0 Å². The number of likely N-dealkylation sites (N-methyl/N-ethyl adjacent to an activating group) is 1. The molecule has 2 heterocycles. The van der Waals surface area contributed by atoms with Crippen molar-refractivity contribution in [2.45, 2.75) is 13.1 Å². The topological polar surface area (TPSA) is 77.0 Å². The zero-order valence-corrected chi connectivity index (χ0v) is 11.3. The fraction of sp³-hybridized carbons (Fsp3) is 0.300. The number of nitrogen functional groups attached to an aromatic ring is 1. The van der Waals surface area contributed by atoms with Crippen LogP contribution in [0.1, 0.15) is 4.88 Å². The van der Waals surface area contributed by atoms with Crippen LogP contribution in [-0.4, -0.2) is 32.6 Å². The largest absolute Gasteiger partial charge is 0.367 e. The fourth-order valence-electron chi connectivity index (χ4n) is 1.40. The Hall–Kier alpha value is -1.60. The molecule has 2 N–H and O–H groups in total. The molecule has 0 aliphatic heterocycles. The lowest BCUT2D eigenvalue weighted by Gasteiger charge is -2.15. The zero-order valence-electron chi connectivity index (χ0n) is 9.71. The molecular formula is C10H12ClN5OS. The lowest BCUT2D eigenvalue weighted by molar-refractivity contribution is -0.131. The molecule has 0 saturated carbocycles. The van der Waals surface area contributed by atoms with Crippen LogP contribution in [0.3, 0.4) is 0 Å². The lowest BCUT2D eigenvalue weighted by Crippen LogP contribution is -2.29. The van der Waals surface area contributed by atoms with E-state index >= 15 is 0 Å². The minimum atomic E-state index is -0.0653. The Morgan fingerprint density at radius 2 is 2.39 bits per heavy atom. The molecule has 18 heavy (non-hydrogen) atoms. The number of aromatic nitrogens is 3. The summed E-state index contributed by atoms with van der Waals surface area (Å²) in [5.74, 6) is 0.0971. The highest BCUT2D eigenvalue weighted by Crippen LogP contribution is 2.22. The third-order valence-corrected chi connectivity index (χ3v) is 3.51. The van der Waals surface area contributed by atoms with E-state index in [0.717, 1.165) is 9.21 Å². The van der Waals surface area contributed by atoms with Crippen LogP contribution in [-0.2, 0) is 17.9 Å². The van der Waals surface area contributed by atoms with Crippen molar-refractivity contribution in [3.05, 3.63) is 27.7 Å². The zero-order chi connectivity index (χ0) is 13.1. The standard InChI is InChI=1S/C10H12ClN5OS/c1-15(4-7-2-3-8(11)18-7)9(17)5-16-6-13-10(12)14-16/h2-3,6H,4-5H2,1H3,(H2,12,14). The molecule has 2 aromatic heterocycles. The van der Waals surface area contributed by atoms with Crippen LogP contribution >= 0.6 is 22.9 Å². The summed E-state index contributed by atoms with van der Waals surface area (Å²) in [6.45, 7) is 0.653. The molecule has 8 heteroatoms. The number of carbonyl (C=O) groups is 1. The highest BCUT2D eigenvalue weighted by atomic mass is 35.5. The number of nitrogens with two attached hydrogens (primary N) is 1. The average molecular weight is 286 g/mol. The molecule has 0 atom stereocenters. The van der Waals surface area contributed by atoms with Gasteiger partial charge in [0.25, 0.3) is 0 Å². The first-order valence-corrected chi connectivity index (χ1v) is 6.37. The Kier molecular flexibility index (Phi) is 3.83. The summed E-state index contributed by atoms with van der Waals surface area (Å²) < 4.78 is 2.13. The number of carbonyl (C=O) groups excluding carboxylic acids is 1. The number of hydrogen-bond acceptors (Lipinski definition) is 5. The third-order valence-electron chi connectivity index (χ3n) is 2.30. The molecule has 2 rings (SSSR count). The summed E-state index contributed by atoms with van der Waals surface area (Å²) >= 11 is 7.30. The van der Waals surface area contributed by atoms with Gasteiger partial charge in [-0.3, -0.25) is 4.79 Å². The second-order valence-electron chi connectivity index (χ2n) is 3.76. The van der Waals surface area contributed by atoms with E-state index in [1.165, 1.54) is 22.3 Å². The third kappa shape index (κ3) is 3.21. The molecule has 0 saturated heterocycles. The second kappa shape index (κ2) is 5.36. The summed E-state index contributed by atoms with van der Waals surface area (Å²) in [5, 5.41) is 3.86. The highest BCUT2D eigenvalue weighted by molar-refractivity contribution is 7.16. The van der Waals surface area contributed by atoms with Crippen molar-refractivity contribution in [2.24, 2.45) is 0 Å². The Morgan fingerprint density at radius 1 is 1.61 bits per heavy atom. The first kappa shape index (κ1) is 12.8. The van der Waals surface area contributed by atoms with Crippen LogP contribution < -0.4 is 5.73 Å². The van der Waals surface area contributed by atoms with Crippen LogP contribution in [0, 0.1) is 0 Å². The lowest BCUT2D eigenvalue weighted by atomic mass is 10.4. The number of nitrogens with zero attached hydrogens (tertiary/aromatic N) is 4. The summed E-state index contributed by atoms with van der Waals surface area (Å²) in [6.07, 6.45) is 1.43. The number of halogens is 1. The minimum absolute atomic E-state index is 0.0653. The van der Waals surface area contributed by atoms with Crippen molar-refractivity contribution < 1.29 is 4.79 Å². The van der Waals surface area contributed by atoms with E-state index in [1.54, 1.807) is 11.9 Å². The molecule has 0 bridgehead atoms. The highest BCUT2D eigenvalue weighted by Gasteiger charge is 2.12. The first-order valence-electron chi connectivity index (χ1n) is 5.17. The van der Waals surface area contributed by atoms with Gasteiger partial charge in [-0.25, -0.2) is 9.67 Å². The van der Waals surface area contributed by atoms with Gasteiger partial charge < -0.3 is 10.6 Å². The van der Waals surface area contributed by atoms with Gasteiger partial charge in [0.15, 0.2) is 0 Å². The minimum Gasteiger partial charge on any atom is -0.367 e. The van der Waals surface area contributed by atoms with E-state index in [2.05, 4.69) is 10.1 Å². The molecule has 96 valence electrons. The van der Waals surface area contributed by atoms with Crippen molar-refractivity contribution >= 4 is 34.8 Å². The molecule has 0 fully saturated rings. The van der Waals surface area contributed by atoms with E-state index in [-0.39, 0.29) is 18.4 Å². The maximum atomic E-state index is 11.9. The second-order valence-corrected chi connectivity index (χ2v) is 5.56.